The van der Waals surface area contributed by atoms with Crippen molar-refractivity contribution in [3.05, 3.63) is 54.1 Å². The lowest BCUT2D eigenvalue weighted by Crippen LogP contribution is -2.51. The van der Waals surface area contributed by atoms with Crippen molar-refractivity contribution < 1.29 is 22.7 Å². The van der Waals surface area contributed by atoms with Crippen LogP contribution in [0.3, 0.4) is 0 Å². The first kappa shape index (κ1) is 19.0. The Morgan fingerprint density at radius 3 is 2.63 bits per heavy atom. The minimum Gasteiger partial charge on any atom is -0.492 e. The molecule has 0 aliphatic carbocycles. The fraction of sp³-hybridized carbons (Fsp3) is 0.316. The van der Waals surface area contributed by atoms with Crippen LogP contribution in [0.5, 0.6) is 11.5 Å². The summed E-state index contributed by atoms with van der Waals surface area (Å²) in [5.41, 5.74) is 1.58. The van der Waals surface area contributed by atoms with Crippen LogP contribution in [0.2, 0.25) is 0 Å². The van der Waals surface area contributed by atoms with Gasteiger partial charge in [0.1, 0.15) is 18.1 Å². The second-order valence-electron chi connectivity index (χ2n) is 6.32. The number of sulfonamides is 1. The van der Waals surface area contributed by atoms with Crippen LogP contribution >= 0.6 is 0 Å². The highest BCUT2D eigenvalue weighted by Crippen LogP contribution is 2.34. The van der Waals surface area contributed by atoms with Gasteiger partial charge in [0.25, 0.3) is 5.91 Å². The van der Waals surface area contributed by atoms with Crippen molar-refractivity contribution in [2.45, 2.75) is 13.0 Å². The molecule has 1 amide bonds. The van der Waals surface area contributed by atoms with Crippen molar-refractivity contribution in [1.29, 1.82) is 0 Å². The summed E-state index contributed by atoms with van der Waals surface area (Å²) in [6, 6.07) is 14.4. The summed E-state index contributed by atoms with van der Waals surface area (Å²) in [6.45, 7) is 2.51. The molecule has 1 atom stereocenters. The fourth-order valence-corrected chi connectivity index (χ4v) is 3.66. The van der Waals surface area contributed by atoms with Gasteiger partial charge in [0.05, 0.1) is 25.0 Å². The average Bonchev–Trinajstić information content (AvgIpc) is 2.64. The van der Waals surface area contributed by atoms with Crippen molar-refractivity contribution in [3.8, 4) is 11.5 Å². The summed E-state index contributed by atoms with van der Waals surface area (Å²) in [5.74, 6) is 0.705. The minimum absolute atomic E-state index is 0.0689. The van der Waals surface area contributed by atoms with Crippen molar-refractivity contribution in [1.82, 2.24) is 5.32 Å². The first-order chi connectivity index (χ1) is 12.8. The number of hydrogen-bond donors (Lipinski definition) is 1. The van der Waals surface area contributed by atoms with Gasteiger partial charge >= 0.3 is 0 Å². The lowest BCUT2D eigenvalue weighted by atomic mass is 10.2. The third-order valence-corrected chi connectivity index (χ3v) is 5.27. The molecule has 1 aliphatic rings. The number of anilines is 1. The molecule has 0 spiro atoms. The van der Waals surface area contributed by atoms with E-state index in [2.05, 4.69) is 5.32 Å². The second-order valence-corrected chi connectivity index (χ2v) is 8.23. The summed E-state index contributed by atoms with van der Waals surface area (Å²) in [6.07, 6.45) is 0.188. The van der Waals surface area contributed by atoms with Crippen molar-refractivity contribution in [2.24, 2.45) is 0 Å². The summed E-state index contributed by atoms with van der Waals surface area (Å²) in [4.78, 5) is 12.4. The van der Waals surface area contributed by atoms with Gasteiger partial charge in [-0.15, -0.1) is 0 Å². The van der Waals surface area contributed by atoms with E-state index in [-0.39, 0.29) is 19.0 Å². The topological polar surface area (TPSA) is 84.9 Å². The smallest absolute Gasteiger partial charge is 0.263 e. The van der Waals surface area contributed by atoms with Gasteiger partial charge in [-0.3, -0.25) is 9.10 Å². The highest BCUT2D eigenvalue weighted by atomic mass is 32.2. The summed E-state index contributed by atoms with van der Waals surface area (Å²) >= 11 is 0. The maximum atomic E-state index is 12.4. The zero-order chi connectivity index (χ0) is 19.4. The van der Waals surface area contributed by atoms with E-state index < -0.39 is 16.1 Å². The standard InChI is InChI=1S/C19H22N2O5S/c1-14-7-9-15(10-8-14)25-12-11-20-19(22)18-13-21(27(2,23)24)16-5-3-4-6-17(16)26-18/h3-10,18H,11-13H2,1-2H3,(H,20,22)/t18-/m0/s1. The minimum atomic E-state index is -3.52. The summed E-state index contributed by atoms with van der Waals surface area (Å²) in [5, 5.41) is 2.73. The van der Waals surface area contributed by atoms with Crippen molar-refractivity contribution in [3.63, 3.8) is 0 Å². The maximum absolute atomic E-state index is 12.4. The van der Waals surface area contributed by atoms with Crippen LogP contribution in [0.1, 0.15) is 5.56 Å². The molecule has 0 saturated heterocycles. The first-order valence-electron chi connectivity index (χ1n) is 8.55. The molecule has 2 aromatic rings. The number of aryl methyl sites for hydroxylation is 1. The van der Waals surface area contributed by atoms with E-state index in [1.807, 2.05) is 31.2 Å². The Balaban J connectivity index is 1.58. The van der Waals surface area contributed by atoms with Gasteiger partial charge in [-0.1, -0.05) is 29.8 Å². The monoisotopic (exact) mass is 390 g/mol. The zero-order valence-electron chi connectivity index (χ0n) is 15.2. The van der Waals surface area contributed by atoms with E-state index in [4.69, 9.17) is 9.47 Å². The largest absolute Gasteiger partial charge is 0.492 e. The van der Waals surface area contributed by atoms with Gasteiger partial charge in [0.2, 0.25) is 10.0 Å². The second kappa shape index (κ2) is 7.87. The molecule has 8 heteroatoms. The number of ether oxygens (including phenoxy) is 2. The Kier molecular flexibility index (Phi) is 5.55. The van der Waals surface area contributed by atoms with Gasteiger partial charge in [0.15, 0.2) is 6.10 Å². The molecular weight excluding hydrogens is 368 g/mol. The van der Waals surface area contributed by atoms with Gasteiger partial charge in [-0.05, 0) is 31.2 Å². The molecule has 1 aliphatic heterocycles. The summed E-state index contributed by atoms with van der Waals surface area (Å²) in [7, 11) is -3.52. The van der Waals surface area contributed by atoms with E-state index in [1.54, 1.807) is 24.3 Å². The highest BCUT2D eigenvalue weighted by molar-refractivity contribution is 7.92. The van der Waals surface area contributed by atoms with Crippen LogP contribution in [-0.4, -0.2) is 46.4 Å². The maximum Gasteiger partial charge on any atom is 0.263 e. The van der Waals surface area contributed by atoms with Gasteiger partial charge in [-0.2, -0.15) is 0 Å². The van der Waals surface area contributed by atoms with Crippen molar-refractivity contribution >= 4 is 21.6 Å². The molecule has 27 heavy (non-hydrogen) atoms. The van der Waals surface area contributed by atoms with Crippen LogP contribution in [-0.2, 0) is 14.8 Å². The van der Waals surface area contributed by atoms with Crippen LogP contribution in [0, 0.1) is 6.92 Å². The molecule has 0 fully saturated rings. The van der Waals surface area contributed by atoms with Gasteiger partial charge < -0.3 is 14.8 Å². The Labute approximate surface area is 158 Å². The molecule has 0 unspecified atom stereocenters. The number of amides is 1. The van der Waals surface area contributed by atoms with E-state index in [0.717, 1.165) is 17.6 Å². The third kappa shape index (κ3) is 4.71. The molecule has 144 valence electrons. The average molecular weight is 390 g/mol. The number of nitrogens with one attached hydrogen (secondary N) is 1. The molecule has 0 saturated carbocycles. The van der Waals surface area contributed by atoms with E-state index >= 15 is 0 Å². The van der Waals surface area contributed by atoms with Gasteiger partial charge in [0, 0.05) is 0 Å². The third-order valence-electron chi connectivity index (χ3n) is 4.12. The number of benzene rings is 2. The quantitative estimate of drug-likeness (QED) is 0.759. The number of hydrogen-bond acceptors (Lipinski definition) is 5. The van der Waals surface area contributed by atoms with E-state index in [0.29, 0.717) is 18.0 Å². The fourth-order valence-electron chi connectivity index (χ4n) is 2.74. The lowest BCUT2D eigenvalue weighted by molar-refractivity contribution is -0.127. The SMILES string of the molecule is Cc1ccc(OCCNC(=O)[C@@H]2CN(S(C)(=O)=O)c3ccccc3O2)cc1. The molecule has 0 radical (unpaired) electrons. The Morgan fingerprint density at radius 1 is 1.22 bits per heavy atom. The Hall–Kier alpha value is -2.74. The number of rotatable bonds is 6. The molecular formula is C19H22N2O5S. The number of carbonyl (C=O) groups excluding carboxylic acids is 1. The van der Waals surface area contributed by atoms with E-state index in [1.165, 1.54) is 4.31 Å². The van der Waals surface area contributed by atoms with Crippen LogP contribution < -0.4 is 19.1 Å². The lowest BCUT2D eigenvalue weighted by Gasteiger charge is -2.33. The number of carbonyl (C=O) groups is 1. The molecule has 7 nitrogen and oxygen atoms in total. The Morgan fingerprint density at radius 2 is 1.93 bits per heavy atom. The van der Waals surface area contributed by atoms with Crippen LogP contribution in [0.15, 0.2) is 48.5 Å². The molecule has 1 N–H and O–H groups in total. The number of para-hydroxylation sites is 2. The summed E-state index contributed by atoms with van der Waals surface area (Å²) < 4.78 is 36.6. The normalized spacial score (nSPS) is 16.2. The Bertz CT molecular complexity index is 912. The predicted molar refractivity (Wildman–Crippen MR) is 103 cm³/mol. The van der Waals surface area contributed by atoms with Gasteiger partial charge in [-0.25, -0.2) is 8.42 Å². The highest BCUT2D eigenvalue weighted by Gasteiger charge is 2.34. The van der Waals surface area contributed by atoms with Crippen LogP contribution in [0.25, 0.3) is 0 Å². The molecule has 3 rings (SSSR count). The number of fused-ring (bicyclic) bond motifs is 1. The zero-order valence-corrected chi connectivity index (χ0v) is 16.0. The van der Waals surface area contributed by atoms with E-state index in [9.17, 15) is 13.2 Å². The van der Waals surface area contributed by atoms with Crippen molar-refractivity contribution in [2.75, 3.05) is 30.3 Å². The molecule has 1 heterocycles. The number of nitrogens with zero attached hydrogens (tertiary/aromatic N) is 1. The predicted octanol–water partition coefficient (Wildman–Crippen LogP) is 1.72. The molecule has 0 bridgehead atoms. The first-order valence-corrected chi connectivity index (χ1v) is 10.4. The molecule has 2 aromatic carbocycles. The molecule has 0 aromatic heterocycles. The van der Waals surface area contributed by atoms with Crippen LogP contribution in [0.4, 0.5) is 5.69 Å².